The third kappa shape index (κ3) is 3.93. The first-order valence-electron chi connectivity index (χ1n) is 10.9. The van der Waals surface area contributed by atoms with E-state index in [1.807, 2.05) is 0 Å². The third-order valence-electron chi connectivity index (χ3n) is 6.78. The van der Waals surface area contributed by atoms with Crippen molar-refractivity contribution in [3.05, 3.63) is 69.3 Å². The zero-order valence-corrected chi connectivity index (χ0v) is 17.7. The largest absolute Gasteiger partial charge is 0.394 e. The van der Waals surface area contributed by atoms with Gasteiger partial charge in [0.2, 0.25) is 0 Å². The van der Waals surface area contributed by atoms with Crippen LogP contribution in [0.15, 0.2) is 30.3 Å². The second-order valence-electron chi connectivity index (χ2n) is 8.83. The monoisotopic (exact) mass is 412 g/mol. The summed E-state index contributed by atoms with van der Waals surface area (Å²) in [5.41, 5.74) is 8.33. The summed E-state index contributed by atoms with van der Waals surface area (Å²) in [6.07, 6.45) is -0.497. The number of hydrogen-bond donors (Lipinski definition) is 4. The van der Waals surface area contributed by atoms with Crippen LogP contribution in [-0.4, -0.2) is 51.4 Å². The van der Waals surface area contributed by atoms with Crippen LogP contribution in [0.25, 0.3) is 0 Å². The minimum Gasteiger partial charge on any atom is -0.394 e. The molecule has 4 N–H and O–H groups in total. The Kier molecular flexibility index (Phi) is 6.28. The maximum absolute atomic E-state index is 10.7. The molecule has 2 aromatic carbocycles. The minimum absolute atomic E-state index is 0.415. The average Bonchev–Trinajstić information content (AvgIpc) is 2.76. The van der Waals surface area contributed by atoms with Crippen LogP contribution in [-0.2, 0) is 24.0 Å². The lowest BCUT2D eigenvalue weighted by Crippen LogP contribution is -2.55. The summed E-state index contributed by atoms with van der Waals surface area (Å²) in [4.78, 5) is 0. The summed E-state index contributed by atoms with van der Waals surface area (Å²) in [7, 11) is 0. The van der Waals surface area contributed by atoms with Gasteiger partial charge in [-0.1, -0.05) is 35.9 Å². The molecule has 1 heterocycles. The van der Waals surface area contributed by atoms with Crippen molar-refractivity contribution in [2.75, 3.05) is 6.61 Å². The predicted molar refractivity (Wildman–Crippen MR) is 115 cm³/mol. The fraction of sp³-hybridized carbons (Fsp3) is 0.520. The second-order valence-corrected chi connectivity index (χ2v) is 8.83. The van der Waals surface area contributed by atoms with Crippen LogP contribution in [0.3, 0.4) is 0 Å². The summed E-state index contributed by atoms with van der Waals surface area (Å²) < 4.78 is 5.90. The Morgan fingerprint density at radius 1 is 0.900 bits per heavy atom. The van der Waals surface area contributed by atoms with E-state index in [0.717, 1.165) is 36.8 Å². The molecule has 0 unspecified atom stereocenters. The number of fused-ring (bicyclic) bond motifs is 1. The lowest BCUT2D eigenvalue weighted by Gasteiger charge is -2.41. The molecule has 4 rings (SSSR count). The average molecular weight is 413 g/mol. The van der Waals surface area contributed by atoms with Crippen molar-refractivity contribution < 1.29 is 25.2 Å². The second kappa shape index (κ2) is 8.77. The van der Waals surface area contributed by atoms with Gasteiger partial charge in [0.05, 0.1) is 6.61 Å². The molecule has 5 heteroatoms. The molecule has 0 aromatic heterocycles. The molecule has 0 bridgehead atoms. The van der Waals surface area contributed by atoms with E-state index < -0.39 is 37.1 Å². The number of benzene rings is 2. The molecule has 0 radical (unpaired) electrons. The molecule has 30 heavy (non-hydrogen) atoms. The Balaban J connectivity index is 1.77. The molecule has 0 saturated carbocycles. The topological polar surface area (TPSA) is 90.2 Å². The summed E-state index contributed by atoms with van der Waals surface area (Å²) in [6, 6.07) is 10.6. The number of ether oxygens (including phenoxy) is 1. The molecule has 5 atom stereocenters. The van der Waals surface area contributed by atoms with Gasteiger partial charge >= 0.3 is 0 Å². The van der Waals surface area contributed by atoms with Gasteiger partial charge in [-0.25, -0.2) is 0 Å². The molecule has 0 amide bonds. The number of aliphatic hydroxyl groups excluding tert-OH is 4. The van der Waals surface area contributed by atoms with Gasteiger partial charge in [-0.15, -0.1) is 0 Å². The highest BCUT2D eigenvalue weighted by Gasteiger charge is 2.44. The Labute approximate surface area is 178 Å². The van der Waals surface area contributed by atoms with Crippen molar-refractivity contribution >= 4 is 0 Å². The molecule has 1 fully saturated rings. The zero-order valence-electron chi connectivity index (χ0n) is 17.7. The summed E-state index contributed by atoms with van der Waals surface area (Å²) in [6.45, 7) is 3.72. The van der Waals surface area contributed by atoms with Crippen LogP contribution in [0.4, 0.5) is 0 Å². The first kappa shape index (κ1) is 21.5. The van der Waals surface area contributed by atoms with Gasteiger partial charge in [0.15, 0.2) is 0 Å². The van der Waals surface area contributed by atoms with Crippen LogP contribution in [0.2, 0.25) is 0 Å². The highest BCUT2D eigenvalue weighted by Crippen LogP contribution is 2.39. The molecular weight excluding hydrogens is 380 g/mol. The van der Waals surface area contributed by atoms with Crippen LogP contribution < -0.4 is 0 Å². The molecule has 1 saturated heterocycles. The Hall–Kier alpha value is -1.76. The van der Waals surface area contributed by atoms with Crippen molar-refractivity contribution in [2.24, 2.45) is 0 Å². The quantitative estimate of drug-likeness (QED) is 0.619. The molecule has 1 aliphatic heterocycles. The molecular formula is C25H32O5. The highest BCUT2D eigenvalue weighted by atomic mass is 16.5. The van der Waals surface area contributed by atoms with E-state index in [0.29, 0.717) is 0 Å². The lowest BCUT2D eigenvalue weighted by atomic mass is 9.79. The molecule has 5 nitrogen and oxygen atoms in total. The van der Waals surface area contributed by atoms with E-state index in [4.69, 9.17) is 4.74 Å². The third-order valence-corrected chi connectivity index (χ3v) is 6.78. The summed E-state index contributed by atoms with van der Waals surface area (Å²) in [5.74, 6) is 0. The van der Waals surface area contributed by atoms with Gasteiger partial charge in [-0.2, -0.15) is 0 Å². The first-order valence-corrected chi connectivity index (χ1v) is 10.9. The smallest absolute Gasteiger partial charge is 0.113 e. The van der Waals surface area contributed by atoms with Crippen LogP contribution in [0, 0.1) is 13.8 Å². The SMILES string of the molecule is Cc1ccc(Cc2cc([C@@H]3O[C@H](CO)[C@@H](O)[C@H](O)[C@H]3O)c(C)c3c2CCCC3)cc1. The van der Waals surface area contributed by atoms with Crippen molar-refractivity contribution in [3.63, 3.8) is 0 Å². The molecule has 2 aromatic rings. The van der Waals surface area contributed by atoms with E-state index in [1.54, 1.807) is 0 Å². The van der Waals surface area contributed by atoms with Gasteiger partial charge in [-0.05, 0) is 79.3 Å². The normalized spacial score (nSPS) is 28.9. The highest BCUT2D eigenvalue weighted by molar-refractivity contribution is 5.49. The van der Waals surface area contributed by atoms with Crippen molar-refractivity contribution in [1.82, 2.24) is 0 Å². The van der Waals surface area contributed by atoms with Crippen molar-refractivity contribution in [3.8, 4) is 0 Å². The number of hydrogen-bond acceptors (Lipinski definition) is 5. The van der Waals surface area contributed by atoms with Gasteiger partial charge in [-0.3, -0.25) is 0 Å². The zero-order chi connectivity index (χ0) is 21.4. The van der Waals surface area contributed by atoms with Gasteiger partial charge in [0.1, 0.15) is 30.5 Å². The molecule has 162 valence electrons. The number of rotatable bonds is 4. The minimum atomic E-state index is -1.36. The standard InChI is InChI=1S/C25H32O5/c1-14-7-9-16(10-8-14)11-17-12-20(15(2)18-5-3-4-6-19(17)18)25-24(29)23(28)22(27)21(13-26)30-25/h7-10,12,21-29H,3-6,11,13H2,1-2H3/t21-,22-,23+,24-,25+/m1/s1. The number of aryl methyl sites for hydroxylation is 1. The Morgan fingerprint density at radius 2 is 1.57 bits per heavy atom. The fourth-order valence-corrected chi connectivity index (χ4v) is 4.97. The molecule has 0 spiro atoms. The Morgan fingerprint density at radius 3 is 2.23 bits per heavy atom. The maximum Gasteiger partial charge on any atom is 0.113 e. The van der Waals surface area contributed by atoms with E-state index in [9.17, 15) is 20.4 Å². The van der Waals surface area contributed by atoms with Crippen LogP contribution >= 0.6 is 0 Å². The van der Waals surface area contributed by atoms with E-state index in [-0.39, 0.29) is 0 Å². The maximum atomic E-state index is 10.7. The van der Waals surface area contributed by atoms with Gasteiger partial charge in [0, 0.05) is 0 Å². The van der Waals surface area contributed by atoms with Gasteiger partial charge < -0.3 is 25.2 Å². The fourth-order valence-electron chi connectivity index (χ4n) is 4.97. The van der Waals surface area contributed by atoms with E-state index in [2.05, 4.69) is 44.2 Å². The summed E-state index contributed by atoms with van der Waals surface area (Å²) >= 11 is 0. The summed E-state index contributed by atoms with van der Waals surface area (Å²) in [5, 5.41) is 40.7. The molecule has 2 aliphatic rings. The molecule has 1 aliphatic carbocycles. The van der Waals surface area contributed by atoms with Crippen molar-refractivity contribution in [1.29, 1.82) is 0 Å². The predicted octanol–water partition coefficient (Wildman–Crippen LogP) is 2.29. The van der Waals surface area contributed by atoms with Crippen molar-refractivity contribution in [2.45, 2.75) is 76.5 Å². The first-order chi connectivity index (χ1) is 14.4. The van der Waals surface area contributed by atoms with Crippen LogP contribution in [0.5, 0.6) is 0 Å². The van der Waals surface area contributed by atoms with Gasteiger partial charge in [0.25, 0.3) is 0 Å². The lowest BCUT2D eigenvalue weighted by molar-refractivity contribution is -0.231. The van der Waals surface area contributed by atoms with E-state index in [1.165, 1.54) is 34.2 Å². The van der Waals surface area contributed by atoms with Crippen LogP contribution in [0.1, 0.15) is 57.9 Å². The number of aliphatic hydroxyl groups is 4. The Bertz CT molecular complexity index is 889. The van der Waals surface area contributed by atoms with E-state index >= 15 is 0 Å².